The third-order valence-electron chi connectivity index (χ3n) is 2.27. The topological polar surface area (TPSA) is 58.9 Å². The zero-order valence-corrected chi connectivity index (χ0v) is 8.08. The van der Waals surface area contributed by atoms with Crippen LogP contribution in [-0.2, 0) is 6.54 Å². The maximum Gasteiger partial charge on any atom is 0.189 e. The summed E-state index contributed by atoms with van der Waals surface area (Å²) < 4.78 is 0. The lowest BCUT2D eigenvalue weighted by atomic mass is 10.1. The van der Waals surface area contributed by atoms with Gasteiger partial charge in [-0.15, -0.1) is 6.42 Å². The number of aromatic nitrogens is 1. The van der Waals surface area contributed by atoms with Crippen LogP contribution in [0, 0.1) is 12.3 Å². The summed E-state index contributed by atoms with van der Waals surface area (Å²) in [6.45, 7) is 0.321. The van der Waals surface area contributed by atoms with Gasteiger partial charge in [-0.05, 0) is 18.2 Å². The van der Waals surface area contributed by atoms with Crippen molar-refractivity contribution in [3.63, 3.8) is 0 Å². The van der Waals surface area contributed by atoms with Gasteiger partial charge < -0.3 is 10.7 Å². The van der Waals surface area contributed by atoms with E-state index in [9.17, 15) is 4.79 Å². The first-order chi connectivity index (χ1) is 7.24. The Balaban J connectivity index is 2.81. The van der Waals surface area contributed by atoms with Gasteiger partial charge in [-0.2, -0.15) is 0 Å². The summed E-state index contributed by atoms with van der Waals surface area (Å²) in [5.41, 5.74) is 7.60. The molecule has 0 saturated carbocycles. The number of nitrogens with one attached hydrogen (secondary N) is 1. The van der Waals surface area contributed by atoms with Crippen LogP contribution in [0.4, 0.5) is 0 Å². The molecule has 1 heterocycles. The Labute approximate surface area is 86.9 Å². The SMILES string of the molecule is C#Cc1ccc2[nH]c(CN)cc(=O)c2c1. The molecule has 0 saturated heterocycles. The largest absolute Gasteiger partial charge is 0.357 e. The van der Waals surface area contributed by atoms with Gasteiger partial charge in [0.05, 0.1) is 0 Å². The number of hydrogen-bond donors (Lipinski definition) is 2. The molecule has 0 bridgehead atoms. The summed E-state index contributed by atoms with van der Waals surface area (Å²) >= 11 is 0. The van der Waals surface area contributed by atoms with Gasteiger partial charge >= 0.3 is 0 Å². The highest BCUT2D eigenvalue weighted by Crippen LogP contribution is 2.10. The molecule has 0 spiro atoms. The normalized spacial score (nSPS) is 10.1. The van der Waals surface area contributed by atoms with Crippen molar-refractivity contribution in [3.05, 3.63) is 45.7 Å². The van der Waals surface area contributed by atoms with Crippen molar-refractivity contribution in [3.8, 4) is 12.3 Å². The van der Waals surface area contributed by atoms with Crippen molar-refractivity contribution in [2.45, 2.75) is 6.54 Å². The predicted molar refractivity (Wildman–Crippen MR) is 60.4 cm³/mol. The molecule has 3 heteroatoms. The number of fused-ring (bicyclic) bond motifs is 1. The predicted octanol–water partition coefficient (Wildman–Crippen LogP) is 0.968. The Morgan fingerprint density at radius 2 is 2.20 bits per heavy atom. The molecule has 0 unspecified atom stereocenters. The van der Waals surface area contributed by atoms with Crippen molar-refractivity contribution < 1.29 is 0 Å². The van der Waals surface area contributed by atoms with Crippen LogP contribution in [0.25, 0.3) is 10.9 Å². The Morgan fingerprint density at radius 1 is 1.40 bits per heavy atom. The van der Waals surface area contributed by atoms with E-state index in [0.29, 0.717) is 17.5 Å². The van der Waals surface area contributed by atoms with E-state index in [1.54, 1.807) is 18.2 Å². The first-order valence-corrected chi connectivity index (χ1v) is 4.57. The highest BCUT2D eigenvalue weighted by atomic mass is 16.1. The molecule has 2 rings (SSSR count). The van der Waals surface area contributed by atoms with E-state index in [4.69, 9.17) is 12.2 Å². The van der Waals surface area contributed by atoms with Crippen LogP contribution in [0.2, 0.25) is 0 Å². The van der Waals surface area contributed by atoms with Crippen LogP contribution in [0.3, 0.4) is 0 Å². The number of terminal acetylenes is 1. The van der Waals surface area contributed by atoms with Gasteiger partial charge in [0, 0.05) is 34.8 Å². The van der Waals surface area contributed by atoms with Gasteiger partial charge in [-0.25, -0.2) is 0 Å². The maximum absolute atomic E-state index is 11.7. The second-order valence-corrected chi connectivity index (χ2v) is 3.27. The minimum atomic E-state index is -0.0544. The van der Waals surface area contributed by atoms with Gasteiger partial charge in [-0.1, -0.05) is 5.92 Å². The summed E-state index contributed by atoms with van der Waals surface area (Å²) in [5.74, 6) is 2.50. The van der Waals surface area contributed by atoms with Crippen molar-refractivity contribution >= 4 is 10.9 Å². The molecule has 3 nitrogen and oxygen atoms in total. The Morgan fingerprint density at radius 3 is 2.87 bits per heavy atom. The second kappa shape index (κ2) is 3.60. The molecule has 0 aliphatic heterocycles. The van der Waals surface area contributed by atoms with Crippen LogP contribution >= 0.6 is 0 Å². The maximum atomic E-state index is 11.7. The molecule has 0 aliphatic rings. The van der Waals surface area contributed by atoms with Gasteiger partial charge in [0.2, 0.25) is 0 Å². The van der Waals surface area contributed by atoms with E-state index in [-0.39, 0.29) is 5.43 Å². The van der Waals surface area contributed by atoms with Crippen molar-refractivity contribution in [1.29, 1.82) is 0 Å². The lowest BCUT2D eigenvalue weighted by Gasteiger charge is -2.02. The lowest BCUT2D eigenvalue weighted by molar-refractivity contribution is 1.00. The quantitative estimate of drug-likeness (QED) is 0.671. The zero-order chi connectivity index (χ0) is 10.8. The summed E-state index contributed by atoms with van der Waals surface area (Å²) in [6, 6.07) is 6.79. The minimum absolute atomic E-state index is 0.0544. The van der Waals surface area contributed by atoms with E-state index in [1.165, 1.54) is 6.07 Å². The monoisotopic (exact) mass is 198 g/mol. The molecule has 0 fully saturated rings. The number of hydrogen-bond acceptors (Lipinski definition) is 2. The molecule has 1 aromatic carbocycles. The van der Waals surface area contributed by atoms with Crippen LogP contribution in [0.1, 0.15) is 11.3 Å². The third-order valence-corrected chi connectivity index (χ3v) is 2.27. The number of aromatic amines is 1. The van der Waals surface area contributed by atoms with Crippen molar-refractivity contribution in [2.24, 2.45) is 5.73 Å². The van der Waals surface area contributed by atoms with Crippen molar-refractivity contribution in [1.82, 2.24) is 4.98 Å². The molecule has 1 aromatic heterocycles. The first-order valence-electron chi connectivity index (χ1n) is 4.57. The molecular formula is C12H10N2O. The van der Waals surface area contributed by atoms with Crippen LogP contribution < -0.4 is 11.2 Å². The Bertz CT molecular complexity index is 605. The molecule has 15 heavy (non-hydrogen) atoms. The van der Waals surface area contributed by atoms with Gasteiger partial charge in [0.25, 0.3) is 0 Å². The number of pyridine rings is 1. The van der Waals surface area contributed by atoms with Crippen LogP contribution in [-0.4, -0.2) is 4.98 Å². The smallest absolute Gasteiger partial charge is 0.189 e. The molecule has 74 valence electrons. The highest BCUT2D eigenvalue weighted by molar-refractivity contribution is 5.80. The lowest BCUT2D eigenvalue weighted by Crippen LogP contribution is -2.08. The van der Waals surface area contributed by atoms with E-state index in [0.717, 1.165) is 11.2 Å². The fraction of sp³-hybridized carbons (Fsp3) is 0.0833. The molecule has 3 N–H and O–H groups in total. The van der Waals surface area contributed by atoms with Gasteiger partial charge in [0.1, 0.15) is 0 Å². The highest BCUT2D eigenvalue weighted by Gasteiger charge is 2.01. The van der Waals surface area contributed by atoms with E-state index in [1.807, 2.05) is 0 Å². The summed E-state index contributed by atoms with van der Waals surface area (Å²) in [5, 5.41) is 0.600. The number of benzene rings is 1. The number of rotatable bonds is 1. The van der Waals surface area contributed by atoms with E-state index >= 15 is 0 Å². The van der Waals surface area contributed by atoms with Gasteiger partial charge in [0.15, 0.2) is 5.43 Å². The fourth-order valence-electron chi connectivity index (χ4n) is 1.50. The first kappa shape index (κ1) is 9.50. The molecule has 0 aliphatic carbocycles. The Hall–Kier alpha value is -2.05. The van der Waals surface area contributed by atoms with Crippen LogP contribution in [0.5, 0.6) is 0 Å². The molecule has 0 atom stereocenters. The molecule has 0 amide bonds. The summed E-state index contributed by atoms with van der Waals surface area (Å²) in [4.78, 5) is 14.8. The molecule has 0 radical (unpaired) electrons. The average molecular weight is 198 g/mol. The molecular weight excluding hydrogens is 188 g/mol. The zero-order valence-electron chi connectivity index (χ0n) is 8.08. The summed E-state index contributed by atoms with van der Waals surface area (Å²) in [7, 11) is 0. The van der Waals surface area contributed by atoms with Gasteiger partial charge in [-0.3, -0.25) is 4.79 Å². The average Bonchev–Trinajstić information content (AvgIpc) is 2.28. The van der Waals surface area contributed by atoms with E-state index < -0.39 is 0 Å². The number of nitrogens with two attached hydrogens (primary N) is 1. The number of H-pyrrole nitrogens is 1. The standard InChI is InChI=1S/C12H10N2O/c1-2-8-3-4-11-10(5-8)12(15)6-9(7-13)14-11/h1,3-6H,7,13H2,(H,14,15). The fourth-order valence-corrected chi connectivity index (χ4v) is 1.50. The summed E-state index contributed by atoms with van der Waals surface area (Å²) in [6.07, 6.45) is 5.26. The van der Waals surface area contributed by atoms with Crippen LogP contribution in [0.15, 0.2) is 29.1 Å². The second-order valence-electron chi connectivity index (χ2n) is 3.27. The Kier molecular flexibility index (Phi) is 2.28. The minimum Gasteiger partial charge on any atom is -0.357 e. The molecule has 2 aromatic rings. The van der Waals surface area contributed by atoms with Crippen molar-refractivity contribution in [2.75, 3.05) is 0 Å². The van der Waals surface area contributed by atoms with E-state index in [2.05, 4.69) is 10.9 Å². The third kappa shape index (κ3) is 1.63.